The SMILES string of the molecule is CCNS(=O)(=O)c1ccc2c(c1)N(C(=O)C1C3CCC(C3)C1N)CC2. The van der Waals surface area contributed by atoms with Crippen molar-refractivity contribution in [2.24, 2.45) is 23.5 Å². The lowest BCUT2D eigenvalue weighted by Gasteiger charge is -2.31. The number of nitrogens with two attached hydrogens (primary N) is 1. The van der Waals surface area contributed by atoms with Crippen LogP contribution in [-0.2, 0) is 21.2 Å². The lowest BCUT2D eigenvalue weighted by atomic mass is 9.84. The second-order valence-corrected chi connectivity index (χ2v) is 9.24. The maximum absolute atomic E-state index is 13.2. The van der Waals surface area contributed by atoms with E-state index in [1.807, 2.05) is 6.07 Å². The first-order chi connectivity index (χ1) is 11.9. The summed E-state index contributed by atoms with van der Waals surface area (Å²) in [6.45, 7) is 2.69. The normalized spacial score (nSPS) is 30.7. The van der Waals surface area contributed by atoms with E-state index in [1.54, 1.807) is 24.0 Å². The maximum atomic E-state index is 13.2. The van der Waals surface area contributed by atoms with Gasteiger partial charge in [0, 0.05) is 24.8 Å². The summed E-state index contributed by atoms with van der Waals surface area (Å²) >= 11 is 0. The Morgan fingerprint density at radius 2 is 2.08 bits per heavy atom. The Morgan fingerprint density at radius 1 is 1.32 bits per heavy atom. The zero-order valence-electron chi connectivity index (χ0n) is 14.4. The van der Waals surface area contributed by atoms with Gasteiger partial charge in [-0.3, -0.25) is 4.79 Å². The Kier molecular flexibility index (Phi) is 4.13. The summed E-state index contributed by atoms with van der Waals surface area (Å²) < 4.78 is 27.1. The molecule has 2 bridgehead atoms. The summed E-state index contributed by atoms with van der Waals surface area (Å²) in [5.41, 5.74) is 8.10. The smallest absolute Gasteiger partial charge is 0.240 e. The van der Waals surface area contributed by atoms with E-state index in [0.29, 0.717) is 24.9 Å². The summed E-state index contributed by atoms with van der Waals surface area (Å²) in [6.07, 6.45) is 4.05. The first-order valence-corrected chi connectivity index (χ1v) is 10.6. The molecule has 136 valence electrons. The third-order valence-electron chi connectivity index (χ3n) is 6.13. The van der Waals surface area contributed by atoms with E-state index < -0.39 is 10.0 Å². The molecule has 1 aromatic carbocycles. The van der Waals surface area contributed by atoms with Crippen molar-refractivity contribution in [2.75, 3.05) is 18.0 Å². The molecule has 0 aromatic heterocycles. The molecule has 2 aliphatic carbocycles. The molecule has 3 aliphatic rings. The Morgan fingerprint density at radius 3 is 2.76 bits per heavy atom. The van der Waals surface area contributed by atoms with Gasteiger partial charge in [0.15, 0.2) is 0 Å². The van der Waals surface area contributed by atoms with Crippen molar-refractivity contribution in [1.29, 1.82) is 0 Å². The molecule has 7 heteroatoms. The van der Waals surface area contributed by atoms with Crippen LogP contribution in [0.15, 0.2) is 23.1 Å². The number of amides is 1. The number of benzene rings is 1. The highest BCUT2D eigenvalue weighted by atomic mass is 32.2. The second kappa shape index (κ2) is 6.07. The Hall–Kier alpha value is -1.44. The number of sulfonamides is 1. The Bertz CT molecular complexity index is 806. The van der Waals surface area contributed by atoms with Gasteiger partial charge in [-0.15, -0.1) is 0 Å². The van der Waals surface area contributed by atoms with E-state index in [1.165, 1.54) is 0 Å². The number of fused-ring (bicyclic) bond motifs is 3. The van der Waals surface area contributed by atoms with Crippen molar-refractivity contribution in [3.63, 3.8) is 0 Å². The molecule has 1 aromatic rings. The van der Waals surface area contributed by atoms with Crippen LogP contribution in [0, 0.1) is 17.8 Å². The van der Waals surface area contributed by atoms with Crippen molar-refractivity contribution < 1.29 is 13.2 Å². The largest absolute Gasteiger partial charge is 0.327 e. The molecule has 25 heavy (non-hydrogen) atoms. The van der Waals surface area contributed by atoms with Crippen molar-refractivity contribution in [2.45, 2.75) is 43.5 Å². The summed E-state index contributed by atoms with van der Waals surface area (Å²) in [6, 6.07) is 5.03. The molecule has 1 heterocycles. The number of nitrogens with zero attached hydrogens (tertiary/aromatic N) is 1. The minimum absolute atomic E-state index is 0.0519. The summed E-state index contributed by atoms with van der Waals surface area (Å²) in [5, 5.41) is 0. The Labute approximate surface area is 148 Å². The van der Waals surface area contributed by atoms with E-state index in [2.05, 4.69) is 4.72 Å². The molecule has 1 amide bonds. The fourth-order valence-corrected chi connectivity index (χ4v) is 5.97. The molecule has 4 rings (SSSR count). The second-order valence-electron chi connectivity index (χ2n) is 7.47. The van der Waals surface area contributed by atoms with E-state index in [9.17, 15) is 13.2 Å². The molecule has 4 unspecified atom stereocenters. The van der Waals surface area contributed by atoms with Crippen LogP contribution < -0.4 is 15.4 Å². The highest BCUT2D eigenvalue weighted by molar-refractivity contribution is 7.89. The number of rotatable bonds is 4. The molecule has 1 aliphatic heterocycles. The Balaban J connectivity index is 1.64. The van der Waals surface area contributed by atoms with Crippen LogP contribution in [0.4, 0.5) is 5.69 Å². The van der Waals surface area contributed by atoms with Gasteiger partial charge in [0.1, 0.15) is 0 Å². The van der Waals surface area contributed by atoms with Gasteiger partial charge in [-0.1, -0.05) is 13.0 Å². The minimum Gasteiger partial charge on any atom is -0.327 e. The fourth-order valence-electron chi connectivity index (χ4n) is 4.91. The van der Waals surface area contributed by atoms with Gasteiger partial charge in [0.2, 0.25) is 15.9 Å². The molecule has 2 saturated carbocycles. The van der Waals surface area contributed by atoms with Gasteiger partial charge in [-0.05, 0) is 55.2 Å². The van der Waals surface area contributed by atoms with Gasteiger partial charge in [-0.25, -0.2) is 13.1 Å². The van der Waals surface area contributed by atoms with Crippen molar-refractivity contribution >= 4 is 21.6 Å². The molecular formula is C18H25N3O3S. The van der Waals surface area contributed by atoms with Crippen LogP contribution >= 0.6 is 0 Å². The van der Waals surface area contributed by atoms with Crippen LogP contribution in [0.5, 0.6) is 0 Å². The topological polar surface area (TPSA) is 92.5 Å². The van der Waals surface area contributed by atoms with Gasteiger partial charge in [0.05, 0.1) is 10.8 Å². The predicted molar refractivity (Wildman–Crippen MR) is 95.7 cm³/mol. The highest BCUT2D eigenvalue weighted by Crippen LogP contribution is 2.49. The van der Waals surface area contributed by atoms with Crippen LogP contribution in [0.2, 0.25) is 0 Å². The van der Waals surface area contributed by atoms with E-state index in [4.69, 9.17) is 5.73 Å². The standard InChI is InChI=1S/C18H25N3O3S/c1-2-20-25(23,24)14-6-5-11-7-8-21(15(11)10-14)18(22)16-12-3-4-13(9-12)17(16)19/h5-6,10,12-13,16-17,20H,2-4,7-9,19H2,1H3. The van der Waals surface area contributed by atoms with Gasteiger partial charge < -0.3 is 10.6 Å². The predicted octanol–water partition coefficient (Wildman–Crippen LogP) is 1.25. The van der Waals surface area contributed by atoms with Crippen molar-refractivity contribution in [3.8, 4) is 0 Å². The average Bonchev–Trinajstić information content (AvgIpc) is 3.27. The zero-order valence-corrected chi connectivity index (χ0v) is 15.3. The summed E-state index contributed by atoms with van der Waals surface area (Å²) in [4.78, 5) is 15.2. The molecule has 0 saturated heterocycles. The van der Waals surface area contributed by atoms with Crippen molar-refractivity contribution in [1.82, 2.24) is 4.72 Å². The third-order valence-corrected chi connectivity index (χ3v) is 7.67. The van der Waals surface area contributed by atoms with Gasteiger partial charge >= 0.3 is 0 Å². The molecule has 3 N–H and O–H groups in total. The zero-order chi connectivity index (χ0) is 17.8. The average molecular weight is 363 g/mol. The van der Waals surface area contributed by atoms with Crippen LogP contribution in [0.3, 0.4) is 0 Å². The summed E-state index contributed by atoms with van der Waals surface area (Å²) in [5.74, 6) is 0.835. The van der Waals surface area contributed by atoms with E-state index in [0.717, 1.165) is 36.9 Å². The number of nitrogens with one attached hydrogen (secondary N) is 1. The highest BCUT2D eigenvalue weighted by Gasteiger charge is 2.50. The number of hydrogen-bond donors (Lipinski definition) is 2. The molecule has 0 spiro atoms. The number of carbonyl (C=O) groups is 1. The summed E-state index contributed by atoms with van der Waals surface area (Å²) in [7, 11) is -3.53. The number of anilines is 1. The molecule has 4 atom stereocenters. The molecule has 2 fully saturated rings. The third kappa shape index (κ3) is 2.69. The van der Waals surface area contributed by atoms with Gasteiger partial charge in [0.25, 0.3) is 0 Å². The number of hydrogen-bond acceptors (Lipinski definition) is 4. The molecule has 6 nitrogen and oxygen atoms in total. The van der Waals surface area contributed by atoms with E-state index in [-0.39, 0.29) is 22.8 Å². The quantitative estimate of drug-likeness (QED) is 0.842. The number of carbonyl (C=O) groups excluding carboxylic acids is 1. The van der Waals surface area contributed by atoms with Crippen LogP contribution in [0.25, 0.3) is 0 Å². The lowest BCUT2D eigenvalue weighted by Crippen LogP contribution is -2.46. The van der Waals surface area contributed by atoms with Crippen molar-refractivity contribution in [3.05, 3.63) is 23.8 Å². The molecular weight excluding hydrogens is 338 g/mol. The van der Waals surface area contributed by atoms with Gasteiger partial charge in [-0.2, -0.15) is 0 Å². The lowest BCUT2D eigenvalue weighted by molar-refractivity contribution is -0.124. The van der Waals surface area contributed by atoms with Crippen LogP contribution in [-0.4, -0.2) is 33.5 Å². The fraction of sp³-hybridized carbons (Fsp3) is 0.611. The van der Waals surface area contributed by atoms with E-state index >= 15 is 0 Å². The first kappa shape index (κ1) is 17.0. The molecule has 0 radical (unpaired) electrons. The monoisotopic (exact) mass is 363 g/mol. The first-order valence-electron chi connectivity index (χ1n) is 9.12. The maximum Gasteiger partial charge on any atom is 0.240 e. The van der Waals surface area contributed by atoms with Crippen LogP contribution in [0.1, 0.15) is 31.7 Å². The minimum atomic E-state index is -3.53.